The summed E-state index contributed by atoms with van der Waals surface area (Å²) in [7, 11) is 0. The highest BCUT2D eigenvalue weighted by atomic mass is 16.6. The van der Waals surface area contributed by atoms with E-state index in [0.717, 1.165) is 38.5 Å². The number of rotatable bonds is 11. The highest BCUT2D eigenvalue weighted by Gasteiger charge is 2.80. The van der Waals surface area contributed by atoms with E-state index >= 15 is 0 Å². The third-order valence-corrected chi connectivity index (χ3v) is 9.06. The van der Waals surface area contributed by atoms with Gasteiger partial charge < -0.3 is 24.4 Å². The van der Waals surface area contributed by atoms with Crippen LogP contribution in [0, 0.1) is 17.8 Å². The first-order valence-corrected chi connectivity index (χ1v) is 13.6. The fraction of sp³-hybridized carbons (Fsp3) is 0.750. The van der Waals surface area contributed by atoms with Gasteiger partial charge >= 0.3 is 5.97 Å². The van der Waals surface area contributed by atoms with Crippen molar-refractivity contribution in [3.05, 3.63) is 25.3 Å². The van der Waals surface area contributed by atoms with Crippen LogP contribution in [0.4, 0.5) is 0 Å². The van der Waals surface area contributed by atoms with Gasteiger partial charge in [-0.3, -0.25) is 14.4 Å². The molecule has 0 aromatic carbocycles. The van der Waals surface area contributed by atoms with E-state index in [-0.39, 0.29) is 43.5 Å². The van der Waals surface area contributed by atoms with Crippen molar-refractivity contribution in [1.29, 1.82) is 0 Å². The molecule has 3 heterocycles. The lowest BCUT2D eigenvalue weighted by Crippen LogP contribution is -2.58. The number of nitrogens with zero attached hydrogens (tertiary/aromatic N) is 2. The van der Waals surface area contributed by atoms with Crippen LogP contribution in [-0.4, -0.2) is 82.3 Å². The van der Waals surface area contributed by atoms with Gasteiger partial charge in [0.2, 0.25) is 11.8 Å². The highest BCUT2D eigenvalue weighted by Crippen LogP contribution is 2.65. The molecule has 3 aliphatic heterocycles. The van der Waals surface area contributed by atoms with Crippen LogP contribution in [0.1, 0.15) is 65.2 Å². The number of amides is 2. The van der Waals surface area contributed by atoms with Crippen molar-refractivity contribution in [2.45, 2.75) is 88.5 Å². The van der Waals surface area contributed by atoms with Crippen molar-refractivity contribution in [3.63, 3.8) is 0 Å². The van der Waals surface area contributed by atoms with Crippen LogP contribution in [0.2, 0.25) is 0 Å². The molecule has 1 spiro atoms. The van der Waals surface area contributed by atoms with Gasteiger partial charge in [0.05, 0.1) is 24.7 Å². The largest absolute Gasteiger partial charge is 0.465 e. The topological polar surface area (TPSA) is 96.4 Å². The molecule has 6 atom stereocenters. The van der Waals surface area contributed by atoms with E-state index in [4.69, 9.17) is 9.47 Å². The molecule has 3 saturated heterocycles. The number of β-amino-alcohol motifs (C(OH)–C–C–N with tert-alkyl or cyclic N) is 1. The Labute approximate surface area is 214 Å². The molecular weight excluding hydrogens is 460 g/mol. The maximum absolute atomic E-state index is 14.3. The second-order valence-corrected chi connectivity index (χ2v) is 11.1. The number of unbranched alkanes of at least 4 members (excludes halogenated alkanes) is 1. The number of ether oxygens (including phenoxy) is 2. The van der Waals surface area contributed by atoms with Crippen LogP contribution in [0.25, 0.3) is 0 Å². The Morgan fingerprint density at radius 1 is 1.25 bits per heavy atom. The lowest BCUT2D eigenvalue weighted by molar-refractivity contribution is -0.162. The molecule has 36 heavy (non-hydrogen) atoms. The van der Waals surface area contributed by atoms with Gasteiger partial charge in [-0.25, -0.2) is 0 Å². The van der Waals surface area contributed by atoms with Gasteiger partial charge in [0.1, 0.15) is 17.6 Å². The maximum atomic E-state index is 14.3. The molecule has 4 rings (SSSR count). The van der Waals surface area contributed by atoms with E-state index in [9.17, 15) is 19.5 Å². The predicted molar refractivity (Wildman–Crippen MR) is 135 cm³/mol. The summed E-state index contributed by atoms with van der Waals surface area (Å²) in [4.78, 5) is 44.9. The summed E-state index contributed by atoms with van der Waals surface area (Å²) in [5, 5.41) is 9.83. The monoisotopic (exact) mass is 502 g/mol. The zero-order chi connectivity index (χ0) is 26.1. The molecule has 2 amide bonds. The number of hydrogen-bond acceptors (Lipinski definition) is 6. The number of fused-ring (bicyclic) bond motifs is 1. The van der Waals surface area contributed by atoms with Crippen LogP contribution in [0.5, 0.6) is 0 Å². The normalized spacial score (nSPS) is 35.5. The van der Waals surface area contributed by atoms with Crippen LogP contribution in [0.15, 0.2) is 25.3 Å². The smallest absolute Gasteiger partial charge is 0.312 e. The molecular formula is C28H42N2O6. The van der Waals surface area contributed by atoms with Crippen LogP contribution < -0.4 is 0 Å². The summed E-state index contributed by atoms with van der Waals surface area (Å²) in [6.07, 6.45) is 10.5. The predicted octanol–water partition coefficient (Wildman–Crippen LogP) is 2.85. The van der Waals surface area contributed by atoms with Gasteiger partial charge in [0.25, 0.3) is 0 Å². The molecule has 2 bridgehead atoms. The Hall–Kier alpha value is -2.19. The molecule has 8 heteroatoms. The summed E-state index contributed by atoms with van der Waals surface area (Å²) in [6, 6.07) is -0.796. The minimum atomic E-state index is -1.11. The van der Waals surface area contributed by atoms with E-state index in [0.29, 0.717) is 19.4 Å². The van der Waals surface area contributed by atoms with Crippen LogP contribution in [-0.2, 0) is 23.9 Å². The summed E-state index contributed by atoms with van der Waals surface area (Å²) in [5.41, 5.74) is -2.01. The number of esters is 1. The maximum Gasteiger partial charge on any atom is 0.312 e. The first-order valence-electron chi connectivity index (χ1n) is 13.6. The Kier molecular flexibility index (Phi) is 7.95. The first-order chi connectivity index (χ1) is 17.3. The van der Waals surface area contributed by atoms with E-state index in [1.54, 1.807) is 12.2 Å². The quantitative estimate of drug-likeness (QED) is 0.265. The van der Waals surface area contributed by atoms with Crippen molar-refractivity contribution < 1.29 is 29.0 Å². The molecule has 0 aromatic rings. The second kappa shape index (κ2) is 10.7. The van der Waals surface area contributed by atoms with Gasteiger partial charge in [-0.2, -0.15) is 0 Å². The molecule has 3 unspecified atom stereocenters. The molecule has 8 nitrogen and oxygen atoms in total. The third-order valence-electron chi connectivity index (χ3n) is 9.06. The lowest BCUT2D eigenvalue weighted by atomic mass is 9.62. The van der Waals surface area contributed by atoms with Crippen molar-refractivity contribution in [1.82, 2.24) is 9.80 Å². The number of aliphatic hydroxyl groups is 1. The average molecular weight is 503 g/mol. The number of hydrogen-bond donors (Lipinski definition) is 1. The lowest BCUT2D eigenvalue weighted by Gasteiger charge is -2.40. The summed E-state index contributed by atoms with van der Waals surface area (Å²) in [5.74, 6) is -2.54. The fourth-order valence-electron chi connectivity index (χ4n) is 7.32. The zero-order valence-electron chi connectivity index (χ0n) is 21.8. The molecule has 1 N–H and O–H groups in total. The minimum absolute atomic E-state index is 0.0235. The first kappa shape index (κ1) is 26.9. The SMILES string of the molecule is C=CCCCOC(=O)[C@@H]1[C@H]2C(=O)N(CCO)C(C(=O)N(CC=C)C3CCCCC3)C23CC(C)[C@@]1(C)O3. The number of allylic oxidation sites excluding steroid dienone is 1. The summed E-state index contributed by atoms with van der Waals surface area (Å²) < 4.78 is 12.3. The second-order valence-electron chi connectivity index (χ2n) is 11.1. The van der Waals surface area contributed by atoms with Crippen molar-refractivity contribution in [3.8, 4) is 0 Å². The van der Waals surface area contributed by atoms with Crippen LogP contribution in [0.3, 0.4) is 0 Å². The fourth-order valence-corrected chi connectivity index (χ4v) is 7.32. The molecule has 4 fully saturated rings. The minimum Gasteiger partial charge on any atom is -0.465 e. The van der Waals surface area contributed by atoms with Crippen LogP contribution >= 0.6 is 0 Å². The van der Waals surface area contributed by atoms with Gasteiger partial charge in [0, 0.05) is 19.1 Å². The molecule has 4 aliphatic rings. The Morgan fingerprint density at radius 3 is 2.61 bits per heavy atom. The molecule has 1 saturated carbocycles. The Balaban J connectivity index is 1.70. The molecule has 0 radical (unpaired) electrons. The summed E-state index contributed by atoms with van der Waals surface area (Å²) >= 11 is 0. The van der Waals surface area contributed by atoms with E-state index < -0.39 is 35.0 Å². The van der Waals surface area contributed by atoms with Gasteiger partial charge in [0.15, 0.2) is 0 Å². The number of carbonyl (C=O) groups excluding carboxylic acids is 3. The molecule has 200 valence electrons. The standard InChI is InChI=1S/C28H42N2O6/c1-5-7-11-17-35-26(34)22-21-24(32)30(15-16-31)23(28(21)18-19(3)27(22,4)36-28)25(33)29(14-6-2)20-12-9-8-10-13-20/h5-6,19-23,31H,1-2,7-18H2,3-4H3/t19?,21-,22-,23?,27+,28?/m0/s1. The number of aliphatic hydroxyl groups excluding tert-OH is 1. The Bertz CT molecular complexity index is 885. The highest BCUT2D eigenvalue weighted by molar-refractivity contribution is 5.98. The van der Waals surface area contributed by atoms with Crippen molar-refractivity contribution >= 4 is 17.8 Å². The zero-order valence-corrected chi connectivity index (χ0v) is 21.8. The van der Waals surface area contributed by atoms with E-state index in [2.05, 4.69) is 13.2 Å². The van der Waals surface area contributed by atoms with Gasteiger partial charge in [-0.1, -0.05) is 38.3 Å². The third kappa shape index (κ3) is 4.20. The van der Waals surface area contributed by atoms with E-state index in [1.807, 2.05) is 18.7 Å². The van der Waals surface area contributed by atoms with Crippen molar-refractivity contribution in [2.75, 3.05) is 26.3 Å². The summed E-state index contributed by atoms with van der Waals surface area (Å²) in [6.45, 7) is 11.9. The van der Waals surface area contributed by atoms with E-state index in [1.165, 1.54) is 4.90 Å². The van der Waals surface area contributed by atoms with Gasteiger partial charge in [-0.15, -0.1) is 13.2 Å². The average Bonchev–Trinajstić information content (AvgIpc) is 3.37. The molecule has 1 aliphatic carbocycles. The Morgan fingerprint density at radius 2 is 1.97 bits per heavy atom. The van der Waals surface area contributed by atoms with Crippen molar-refractivity contribution in [2.24, 2.45) is 17.8 Å². The number of carbonyl (C=O) groups is 3. The number of likely N-dealkylation sites (tertiary alicyclic amines) is 1. The molecule has 0 aromatic heterocycles. The van der Waals surface area contributed by atoms with Gasteiger partial charge in [-0.05, 0) is 44.9 Å².